The number of hydrogen-bond donors (Lipinski definition) is 1. The summed E-state index contributed by atoms with van der Waals surface area (Å²) in [4.78, 5) is 0. The number of furan rings is 1. The van der Waals surface area contributed by atoms with Crippen molar-refractivity contribution in [1.82, 2.24) is 5.32 Å². The van der Waals surface area contributed by atoms with Crippen LogP contribution in [-0.2, 0) is 19.6 Å². The smallest absolute Gasteiger partial charge is 0.146 e. The quantitative estimate of drug-likeness (QED) is 0.743. The molecule has 0 unspecified atom stereocenters. The predicted molar refractivity (Wildman–Crippen MR) is 80.8 cm³/mol. The average molecular weight is 271 g/mol. The number of allylic oxidation sites excluding steroid dienone is 1. The first-order valence-corrected chi connectivity index (χ1v) is 6.92. The fraction of sp³-hybridized carbons (Fsp3) is 0.294. The normalized spacial score (nSPS) is 10.4. The molecule has 20 heavy (non-hydrogen) atoms. The molecule has 0 amide bonds. The van der Waals surface area contributed by atoms with E-state index >= 15 is 0 Å². The van der Waals surface area contributed by atoms with Crippen molar-refractivity contribution in [2.75, 3.05) is 6.54 Å². The highest BCUT2D eigenvalue weighted by Gasteiger charge is 2.05. The fourth-order valence-corrected chi connectivity index (χ4v) is 1.98. The molecule has 0 atom stereocenters. The molecule has 0 aliphatic rings. The maximum absolute atomic E-state index is 5.83. The van der Waals surface area contributed by atoms with Gasteiger partial charge in [-0.15, -0.1) is 6.58 Å². The number of nitrogens with one attached hydrogen (secondary N) is 1. The standard InChI is InChI=1S/C17H21NO2/c1-3-7-15-8-5-6-9-17(15)20-13-16-10-14(12-19-16)11-18-4-2/h3,5-6,8-10,12,18H,1,4,7,11,13H2,2H3. The molecule has 0 saturated heterocycles. The number of rotatable bonds is 8. The first kappa shape index (κ1) is 14.4. The highest BCUT2D eigenvalue weighted by molar-refractivity contribution is 5.34. The van der Waals surface area contributed by atoms with Crippen molar-refractivity contribution in [3.8, 4) is 5.75 Å². The van der Waals surface area contributed by atoms with E-state index in [1.807, 2.05) is 30.3 Å². The van der Waals surface area contributed by atoms with Gasteiger partial charge in [0.05, 0.1) is 6.26 Å². The van der Waals surface area contributed by atoms with Crippen molar-refractivity contribution in [2.45, 2.75) is 26.5 Å². The molecule has 0 saturated carbocycles. The lowest BCUT2D eigenvalue weighted by Gasteiger charge is -2.08. The van der Waals surface area contributed by atoms with Crippen LogP contribution in [-0.4, -0.2) is 6.54 Å². The second-order valence-electron chi connectivity index (χ2n) is 4.59. The van der Waals surface area contributed by atoms with Gasteiger partial charge in [-0.05, 0) is 30.7 Å². The second kappa shape index (κ2) is 7.56. The van der Waals surface area contributed by atoms with E-state index in [1.54, 1.807) is 6.26 Å². The molecule has 0 radical (unpaired) electrons. The zero-order valence-corrected chi connectivity index (χ0v) is 11.9. The van der Waals surface area contributed by atoms with Crippen molar-refractivity contribution in [3.05, 3.63) is 66.1 Å². The lowest BCUT2D eigenvalue weighted by molar-refractivity contribution is 0.268. The molecule has 0 spiro atoms. The van der Waals surface area contributed by atoms with Crippen LogP contribution in [0.5, 0.6) is 5.75 Å². The summed E-state index contributed by atoms with van der Waals surface area (Å²) in [6.45, 7) is 8.07. The summed E-state index contributed by atoms with van der Waals surface area (Å²) in [5.41, 5.74) is 2.28. The topological polar surface area (TPSA) is 34.4 Å². The van der Waals surface area contributed by atoms with E-state index in [-0.39, 0.29) is 0 Å². The van der Waals surface area contributed by atoms with Crippen molar-refractivity contribution in [1.29, 1.82) is 0 Å². The van der Waals surface area contributed by atoms with Gasteiger partial charge in [0.2, 0.25) is 0 Å². The maximum Gasteiger partial charge on any atom is 0.146 e. The number of para-hydroxylation sites is 1. The van der Waals surface area contributed by atoms with Crippen molar-refractivity contribution in [2.24, 2.45) is 0 Å². The first-order valence-electron chi connectivity index (χ1n) is 6.92. The molecular formula is C17H21NO2. The molecule has 0 bridgehead atoms. The Morgan fingerprint density at radius 3 is 3.00 bits per heavy atom. The van der Waals surface area contributed by atoms with Crippen molar-refractivity contribution >= 4 is 0 Å². The van der Waals surface area contributed by atoms with E-state index < -0.39 is 0 Å². The van der Waals surface area contributed by atoms with Crippen LogP contribution in [0.2, 0.25) is 0 Å². The molecule has 106 valence electrons. The Bertz CT molecular complexity index is 545. The predicted octanol–water partition coefficient (Wildman–Crippen LogP) is 3.70. The van der Waals surface area contributed by atoms with Crippen LogP contribution in [0, 0.1) is 0 Å². The van der Waals surface area contributed by atoms with E-state index in [9.17, 15) is 0 Å². The van der Waals surface area contributed by atoms with Crippen LogP contribution in [0.1, 0.15) is 23.8 Å². The van der Waals surface area contributed by atoms with Crippen molar-refractivity contribution < 1.29 is 9.15 Å². The summed E-state index contributed by atoms with van der Waals surface area (Å²) in [6.07, 6.45) is 4.46. The lowest BCUT2D eigenvalue weighted by atomic mass is 10.1. The van der Waals surface area contributed by atoms with Gasteiger partial charge in [0.15, 0.2) is 0 Å². The molecule has 0 fully saturated rings. The Balaban J connectivity index is 1.94. The van der Waals surface area contributed by atoms with Crippen LogP contribution in [0.15, 0.2) is 53.7 Å². The minimum absolute atomic E-state index is 0.445. The summed E-state index contributed by atoms with van der Waals surface area (Å²) >= 11 is 0. The minimum atomic E-state index is 0.445. The van der Waals surface area contributed by atoms with E-state index in [0.29, 0.717) is 6.61 Å². The number of ether oxygens (including phenoxy) is 1. The summed E-state index contributed by atoms with van der Waals surface area (Å²) in [5, 5.41) is 3.27. The highest BCUT2D eigenvalue weighted by atomic mass is 16.5. The van der Waals surface area contributed by atoms with Crippen LogP contribution in [0.4, 0.5) is 0 Å². The molecule has 0 aliphatic heterocycles. The Labute approximate surface area is 120 Å². The van der Waals surface area contributed by atoms with Gasteiger partial charge in [-0.1, -0.05) is 31.2 Å². The molecule has 2 aromatic rings. The molecule has 1 aromatic heterocycles. The zero-order chi connectivity index (χ0) is 14.2. The summed E-state index contributed by atoms with van der Waals surface area (Å²) < 4.78 is 11.3. The summed E-state index contributed by atoms with van der Waals surface area (Å²) in [7, 11) is 0. The lowest BCUT2D eigenvalue weighted by Crippen LogP contribution is -2.10. The Hall–Kier alpha value is -2.00. The van der Waals surface area contributed by atoms with Gasteiger partial charge in [-0.25, -0.2) is 0 Å². The van der Waals surface area contributed by atoms with Crippen LogP contribution >= 0.6 is 0 Å². The average Bonchev–Trinajstić information content (AvgIpc) is 2.92. The summed E-state index contributed by atoms with van der Waals surface area (Å²) in [6, 6.07) is 10.0. The molecule has 0 aliphatic carbocycles. The van der Waals surface area contributed by atoms with Crippen LogP contribution in [0.3, 0.4) is 0 Å². The van der Waals surface area contributed by atoms with E-state index in [1.165, 1.54) is 0 Å². The molecule has 1 aromatic carbocycles. The molecule has 3 nitrogen and oxygen atoms in total. The summed E-state index contributed by atoms with van der Waals surface area (Å²) in [5.74, 6) is 1.73. The van der Waals surface area contributed by atoms with Gasteiger partial charge >= 0.3 is 0 Å². The first-order chi connectivity index (χ1) is 9.83. The monoisotopic (exact) mass is 271 g/mol. The van der Waals surface area contributed by atoms with E-state index in [2.05, 4.69) is 24.9 Å². The Kier molecular flexibility index (Phi) is 5.44. The minimum Gasteiger partial charge on any atom is -0.485 e. The Morgan fingerprint density at radius 2 is 2.20 bits per heavy atom. The van der Waals surface area contributed by atoms with Crippen molar-refractivity contribution in [3.63, 3.8) is 0 Å². The van der Waals surface area contributed by atoms with Crippen LogP contribution < -0.4 is 10.1 Å². The van der Waals surface area contributed by atoms with Gasteiger partial charge in [0.25, 0.3) is 0 Å². The zero-order valence-electron chi connectivity index (χ0n) is 11.9. The van der Waals surface area contributed by atoms with E-state index in [4.69, 9.17) is 9.15 Å². The number of hydrogen-bond acceptors (Lipinski definition) is 3. The SMILES string of the molecule is C=CCc1ccccc1OCc1cc(CNCC)co1. The fourth-order valence-electron chi connectivity index (χ4n) is 1.98. The molecular weight excluding hydrogens is 250 g/mol. The van der Waals surface area contributed by atoms with Gasteiger partial charge in [0.1, 0.15) is 18.1 Å². The van der Waals surface area contributed by atoms with Gasteiger partial charge < -0.3 is 14.5 Å². The van der Waals surface area contributed by atoms with Gasteiger partial charge in [-0.3, -0.25) is 0 Å². The number of benzene rings is 1. The second-order valence-corrected chi connectivity index (χ2v) is 4.59. The maximum atomic E-state index is 5.83. The third kappa shape index (κ3) is 4.00. The largest absolute Gasteiger partial charge is 0.485 e. The molecule has 1 N–H and O–H groups in total. The van der Waals surface area contributed by atoms with Gasteiger partial charge in [-0.2, -0.15) is 0 Å². The third-order valence-electron chi connectivity index (χ3n) is 2.99. The molecule has 3 heteroatoms. The van der Waals surface area contributed by atoms with Crippen LogP contribution in [0.25, 0.3) is 0 Å². The molecule has 2 rings (SSSR count). The molecule has 1 heterocycles. The van der Waals surface area contributed by atoms with Gasteiger partial charge in [0, 0.05) is 12.1 Å². The third-order valence-corrected chi connectivity index (χ3v) is 2.99. The Morgan fingerprint density at radius 1 is 1.35 bits per heavy atom. The highest BCUT2D eigenvalue weighted by Crippen LogP contribution is 2.20. The van der Waals surface area contributed by atoms with E-state index in [0.717, 1.165) is 42.1 Å².